The van der Waals surface area contributed by atoms with E-state index in [0.717, 1.165) is 5.69 Å². The van der Waals surface area contributed by atoms with E-state index in [9.17, 15) is 14.0 Å². The first-order valence-corrected chi connectivity index (χ1v) is 8.28. The van der Waals surface area contributed by atoms with Gasteiger partial charge in [0.1, 0.15) is 12.4 Å². The van der Waals surface area contributed by atoms with Gasteiger partial charge < -0.3 is 9.80 Å². The molecule has 3 amide bonds. The van der Waals surface area contributed by atoms with Gasteiger partial charge in [0.25, 0.3) is 0 Å². The quantitative estimate of drug-likeness (QED) is 0.839. The summed E-state index contributed by atoms with van der Waals surface area (Å²) in [6.45, 7) is 3.15. The SMILES string of the molecule is CCN(C(=O)CN1CCN(c2ccccc2F)C1=O)c1ccccc1. The lowest BCUT2D eigenvalue weighted by molar-refractivity contribution is -0.119. The zero-order valence-corrected chi connectivity index (χ0v) is 14.1. The van der Waals surface area contributed by atoms with E-state index in [0.29, 0.717) is 19.6 Å². The van der Waals surface area contributed by atoms with Crippen LogP contribution in [-0.2, 0) is 4.79 Å². The average Bonchev–Trinajstić information content (AvgIpc) is 2.97. The van der Waals surface area contributed by atoms with Crippen LogP contribution in [0.3, 0.4) is 0 Å². The van der Waals surface area contributed by atoms with Crippen molar-refractivity contribution in [3.63, 3.8) is 0 Å². The lowest BCUT2D eigenvalue weighted by Crippen LogP contribution is -2.42. The summed E-state index contributed by atoms with van der Waals surface area (Å²) in [5.74, 6) is -0.596. The van der Waals surface area contributed by atoms with Crippen molar-refractivity contribution < 1.29 is 14.0 Å². The Kier molecular flexibility index (Phi) is 4.97. The summed E-state index contributed by atoms with van der Waals surface area (Å²) >= 11 is 0. The molecule has 0 atom stereocenters. The molecule has 0 bridgehead atoms. The van der Waals surface area contributed by atoms with Gasteiger partial charge >= 0.3 is 6.03 Å². The number of anilines is 2. The molecule has 0 unspecified atom stereocenters. The maximum atomic E-state index is 13.9. The fourth-order valence-corrected chi connectivity index (χ4v) is 2.98. The van der Waals surface area contributed by atoms with E-state index in [1.807, 2.05) is 37.3 Å². The Balaban J connectivity index is 1.70. The van der Waals surface area contributed by atoms with Crippen LogP contribution in [0.1, 0.15) is 6.92 Å². The van der Waals surface area contributed by atoms with Crippen molar-refractivity contribution in [2.75, 3.05) is 36.0 Å². The molecule has 0 aliphatic carbocycles. The highest BCUT2D eigenvalue weighted by Crippen LogP contribution is 2.23. The van der Waals surface area contributed by atoms with Crippen molar-refractivity contribution >= 4 is 23.3 Å². The molecule has 2 aromatic carbocycles. The summed E-state index contributed by atoms with van der Waals surface area (Å²) in [6.07, 6.45) is 0. The van der Waals surface area contributed by atoms with Crippen LogP contribution in [0.25, 0.3) is 0 Å². The van der Waals surface area contributed by atoms with E-state index in [2.05, 4.69) is 0 Å². The van der Waals surface area contributed by atoms with Gasteiger partial charge in [0.15, 0.2) is 0 Å². The number of hydrogen-bond acceptors (Lipinski definition) is 2. The van der Waals surface area contributed by atoms with Crippen molar-refractivity contribution in [2.45, 2.75) is 6.92 Å². The third kappa shape index (κ3) is 3.47. The summed E-state index contributed by atoms with van der Waals surface area (Å²) in [4.78, 5) is 29.7. The molecule has 1 aliphatic rings. The van der Waals surface area contributed by atoms with Gasteiger partial charge in [-0.15, -0.1) is 0 Å². The van der Waals surface area contributed by atoms with Gasteiger partial charge in [-0.05, 0) is 31.2 Å². The number of halogens is 1. The molecule has 25 heavy (non-hydrogen) atoms. The molecular formula is C19H20FN3O2. The van der Waals surface area contributed by atoms with Gasteiger partial charge in [-0.1, -0.05) is 30.3 Å². The summed E-state index contributed by atoms with van der Waals surface area (Å²) in [7, 11) is 0. The summed E-state index contributed by atoms with van der Waals surface area (Å²) in [5.41, 5.74) is 1.05. The Hall–Kier alpha value is -2.89. The second kappa shape index (κ2) is 7.34. The number of benzene rings is 2. The Morgan fingerprint density at radius 1 is 1.08 bits per heavy atom. The first-order chi connectivity index (χ1) is 12.1. The number of nitrogens with zero attached hydrogens (tertiary/aromatic N) is 3. The molecule has 1 fully saturated rings. The molecule has 0 aromatic heterocycles. The second-order valence-corrected chi connectivity index (χ2v) is 5.78. The molecule has 1 heterocycles. The number of urea groups is 1. The third-order valence-corrected chi connectivity index (χ3v) is 4.25. The average molecular weight is 341 g/mol. The number of rotatable bonds is 5. The molecule has 5 nitrogen and oxygen atoms in total. The lowest BCUT2D eigenvalue weighted by Gasteiger charge is -2.24. The monoisotopic (exact) mass is 341 g/mol. The van der Waals surface area contributed by atoms with Gasteiger partial charge in [0.2, 0.25) is 5.91 Å². The van der Waals surface area contributed by atoms with Crippen molar-refractivity contribution in [3.05, 3.63) is 60.4 Å². The van der Waals surface area contributed by atoms with Crippen LogP contribution in [0.2, 0.25) is 0 Å². The maximum Gasteiger partial charge on any atom is 0.325 e. The largest absolute Gasteiger partial charge is 0.325 e. The molecule has 1 saturated heterocycles. The van der Waals surface area contributed by atoms with E-state index in [-0.39, 0.29) is 24.2 Å². The Bertz CT molecular complexity index is 766. The van der Waals surface area contributed by atoms with Gasteiger partial charge in [-0.3, -0.25) is 9.69 Å². The lowest BCUT2D eigenvalue weighted by atomic mass is 10.3. The summed E-state index contributed by atoms with van der Waals surface area (Å²) < 4.78 is 13.9. The maximum absolute atomic E-state index is 13.9. The van der Waals surface area contributed by atoms with Crippen LogP contribution >= 0.6 is 0 Å². The summed E-state index contributed by atoms with van der Waals surface area (Å²) in [6, 6.07) is 15.2. The predicted molar refractivity (Wildman–Crippen MR) is 95.2 cm³/mol. The fraction of sp³-hybridized carbons (Fsp3) is 0.263. The molecule has 0 N–H and O–H groups in total. The molecule has 130 valence electrons. The second-order valence-electron chi connectivity index (χ2n) is 5.78. The molecule has 2 aromatic rings. The minimum absolute atomic E-state index is 0.0213. The zero-order chi connectivity index (χ0) is 17.8. The Labute approximate surface area is 146 Å². The van der Waals surface area contributed by atoms with Crippen LogP contribution < -0.4 is 9.80 Å². The fourth-order valence-electron chi connectivity index (χ4n) is 2.98. The molecule has 1 aliphatic heterocycles. The molecule has 0 radical (unpaired) electrons. The van der Waals surface area contributed by atoms with Crippen LogP contribution in [0.15, 0.2) is 54.6 Å². The van der Waals surface area contributed by atoms with Gasteiger partial charge in [-0.2, -0.15) is 0 Å². The number of carbonyl (C=O) groups excluding carboxylic acids is 2. The van der Waals surface area contributed by atoms with Crippen LogP contribution in [0.4, 0.5) is 20.6 Å². The van der Waals surface area contributed by atoms with E-state index < -0.39 is 5.82 Å². The minimum atomic E-state index is -0.441. The van der Waals surface area contributed by atoms with E-state index in [1.165, 1.54) is 15.9 Å². The van der Waals surface area contributed by atoms with Crippen molar-refractivity contribution in [1.29, 1.82) is 0 Å². The molecule has 0 spiro atoms. The standard InChI is InChI=1S/C19H20FN3O2/c1-2-22(15-8-4-3-5-9-15)18(24)14-21-12-13-23(19(21)25)17-11-7-6-10-16(17)20/h3-11H,2,12-14H2,1H3. The number of hydrogen-bond donors (Lipinski definition) is 0. The molecular weight excluding hydrogens is 321 g/mol. The summed E-state index contributed by atoms with van der Waals surface area (Å²) in [5, 5.41) is 0. The minimum Gasteiger partial charge on any atom is -0.313 e. The van der Waals surface area contributed by atoms with Gasteiger partial charge in [0.05, 0.1) is 5.69 Å². The van der Waals surface area contributed by atoms with Crippen LogP contribution in [-0.4, -0.2) is 43.0 Å². The third-order valence-electron chi connectivity index (χ3n) is 4.25. The van der Waals surface area contributed by atoms with Crippen LogP contribution in [0.5, 0.6) is 0 Å². The van der Waals surface area contributed by atoms with Crippen molar-refractivity contribution in [2.24, 2.45) is 0 Å². The Morgan fingerprint density at radius 2 is 1.76 bits per heavy atom. The van der Waals surface area contributed by atoms with Gasteiger partial charge in [0, 0.05) is 25.3 Å². The number of amides is 3. The molecule has 3 rings (SSSR count). The molecule has 6 heteroatoms. The first-order valence-electron chi connectivity index (χ1n) is 8.28. The highest BCUT2D eigenvalue weighted by molar-refractivity contribution is 6.00. The number of likely N-dealkylation sites (N-methyl/N-ethyl adjacent to an activating group) is 1. The van der Waals surface area contributed by atoms with E-state index in [4.69, 9.17) is 0 Å². The smallest absolute Gasteiger partial charge is 0.313 e. The van der Waals surface area contributed by atoms with E-state index >= 15 is 0 Å². The number of para-hydroxylation sites is 2. The van der Waals surface area contributed by atoms with E-state index in [1.54, 1.807) is 23.1 Å². The van der Waals surface area contributed by atoms with Gasteiger partial charge in [-0.25, -0.2) is 9.18 Å². The van der Waals surface area contributed by atoms with Crippen molar-refractivity contribution in [1.82, 2.24) is 4.90 Å². The topological polar surface area (TPSA) is 43.9 Å². The Morgan fingerprint density at radius 3 is 2.44 bits per heavy atom. The highest BCUT2D eigenvalue weighted by Gasteiger charge is 2.33. The number of carbonyl (C=O) groups is 2. The highest BCUT2D eigenvalue weighted by atomic mass is 19.1. The van der Waals surface area contributed by atoms with Crippen molar-refractivity contribution in [3.8, 4) is 0 Å². The predicted octanol–water partition coefficient (Wildman–Crippen LogP) is 3.12. The normalized spacial score (nSPS) is 14.1. The first kappa shape index (κ1) is 17.0. The zero-order valence-electron chi connectivity index (χ0n) is 14.1. The van der Waals surface area contributed by atoms with Crippen LogP contribution in [0, 0.1) is 5.82 Å². The molecule has 0 saturated carbocycles.